The van der Waals surface area contributed by atoms with Crippen molar-refractivity contribution in [3.63, 3.8) is 0 Å². The monoisotopic (exact) mass is 167 g/mol. The van der Waals surface area contributed by atoms with Gasteiger partial charge in [-0.3, -0.25) is 9.69 Å². The van der Waals surface area contributed by atoms with E-state index in [1.54, 1.807) is 6.92 Å². The molecule has 0 atom stereocenters. The first-order valence-electron chi connectivity index (χ1n) is 4.92. The molecule has 1 heterocycles. The van der Waals surface area contributed by atoms with Crippen LogP contribution in [0.1, 0.15) is 32.6 Å². The van der Waals surface area contributed by atoms with Crippen molar-refractivity contribution in [3.05, 3.63) is 0 Å². The smallest absolute Gasteiger partial charge is 0.143 e. The highest BCUT2D eigenvalue weighted by atomic mass is 16.1. The van der Waals surface area contributed by atoms with Gasteiger partial charge in [0.05, 0.1) is 6.54 Å². The molecule has 1 saturated heterocycles. The number of carbonyl (C=O) groups excluding carboxylic acids is 1. The molecule has 2 heteroatoms. The molecule has 2 aliphatic rings. The summed E-state index contributed by atoms with van der Waals surface area (Å²) in [5.41, 5.74) is 0.660. The summed E-state index contributed by atoms with van der Waals surface area (Å²) in [4.78, 5) is 13.2. The van der Waals surface area contributed by atoms with E-state index < -0.39 is 0 Å². The molecule has 2 nitrogen and oxygen atoms in total. The summed E-state index contributed by atoms with van der Waals surface area (Å²) in [7, 11) is 0. The molecule has 1 aliphatic carbocycles. The van der Waals surface area contributed by atoms with Gasteiger partial charge in [0.25, 0.3) is 0 Å². The quantitative estimate of drug-likeness (QED) is 0.620. The predicted molar refractivity (Wildman–Crippen MR) is 48.0 cm³/mol. The van der Waals surface area contributed by atoms with E-state index in [-0.39, 0.29) is 0 Å². The molecular formula is C10H17NO. The van der Waals surface area contributed by atoms with Crippen LogP contribution in [0.15, 0.2) is 0 Å². The molecule has 1 saturated carbocycles. The zero-order valence-electron chi connectivity index (χ0n) is 7.81. The first-order valence-corrected chi connectivity index (χ1v) is 4.92. The minimum Gasteiger partial charge on any atom is -0.299 e. The molecule has 0 aromatic rings. The van der Waals surface area contributed by atoms with Gasteiger partial charge in [-0.05, 0) is 44.6 Å². The second-order valence-corrected chi connectivity index (χ2v) is 4.52. The Bertz CT molecular complexity index is 196. The molecule has 0 aromatic heterocycles. The van der Waals surface area contributed by atoms with Crippen LogP contribution in [0.2, 0.25) is 0 Å². The zero-order valence-corrected chi connectivity index (χ0v) is 7.81. The Morgan fingerprint density at radius 1 is 1.42 bits per heavy atom. The Morgan fingerprint density at radius 2 is 2.17 bits per heavy atom. The number of carbonyl (C=O) groups is 1. The minimum absolute atomic E-state index is 0.313. The van der Waals surface area contributed by atoms with E-state index in [1.165, 1.54) is 32.2 Å². The average Bonchev–Trinajstić information content (AvgIpc) is 2.68. The highest BCUT2D eigenvalue weighted by Crippen LogP contribution is 2.51. The molecule has 0 radical (unpaired) electrons. The van der Waals surface area contributed by atoms with Crippen LogP contribution in [0, 0.1) is 5.41 Å². The maximum Gasteiger partial charge on any atom is 0.143 e. The topological polar surface area (TPSA) is 20.3 Å². The van der Waals surface area contributed by atoms with Gasteiger partial charge < -0.3 is 0 Å². The summed E-state index contributed by atoms with van der Waals surface area (Å²) in [6, 6.07) is 0. The summed E-state index contributed by atoms with van der Waals surface area (Å²) in [5, 5.41) is 0. The molecule has 0 bridgehead atoms. The van der Waals surface area contributed by atoms with Gasteiger partial charge in [0.15, 0.2) is 0 Å². The van der Waals surface area contributed by atoms with E-state index in [1.807, 2.05) is 0 Å². The van der Waals surface area contributed by atoms with Gasteiger partial charge in [-0.1, -0.05) is 0 Å². The zero-order chi connectivity index (χ0) is 8.60. The second-order valence-electron chi connectivity index (χ2n) is 4.52. The summed E-state index contributed by atoms with van der Waals surface area (Å²) >= 11 is 0. The number of hydrogen-bond acceptors (Lipinski definition) is 2. The average molecular weight is 167 g/mol. The summed E-state index contributed by atoms with van der Waals surface area (Å²) in [5.74, 6) is 0.313. The lowest BCUT2D eigenvalue weighted by Crippen LogP contribution is -2.39. The fourth-order valence-electron chi connectivity index (χ4n) is 2.34. The maximum atomic E-state index is 10.9. The number of rotatable bonds is 2. The fourth-order valence-corrected chi connectivity index (χ4v) is 2.34. The van der Waals surface area contributed by atoms with Crippen molar-refractivity contribution in [2.45, 2.75) is 32.6 Å². The summed E-state index contributed by atoms with van der Waals surface area (Å²) < 4.78 is 0. The van der Waals surface area contributed by atoms with Crippen LogP contribution in [0.3, 0.4) is 0 Å². The van der Waals surface area contributed by atoms with Gasteiger partial charge in [-0.15, -0.1) is 0 Å². The first kappa shape index (κ1) is 8.24. The van der Waals surface area contributed by atoms with Gasteiger partial charge in [0, 0.05) is 6.54 Å². The molecule has 2 rings (SSSR count). The van der Waals surface area contributed by atoms with Crippen molar-refractivity contribution in [3.8, 4) is 0 Å². The first-order chi connectivity index (χ1) is 5.70. The van der Waals surface area contributed by atoms with E-state index in [0.29, 0.717) is 17.7 Å². The summed E-state index contributed by atoms with van der Waals surface area (Å²) in [6.07, 6.45) is 5.51. The fraction of sp³-hybridized carbons (Fsp3) is 0.900. The van der Waals surface area contributed by atoms with Crippen molar-refractivity contribution in [2.75, 3.05) is 19.6 Å². The van der Waals surface area contributed by atoms with Crippen molar-refractivity contribution in [1.82, 2.24) is 4.90 Å². The summed E-state index contributed by atoms with van der Waals surface area (Å²) in [6.45, 7) is 4.70. The van der Waals surface area contributed by atoms with Gasteiger partial charge >= 0.3 is 0 Å². The Balaban J connectivity index is 1.86. The van der Waals surface area contributed by atoms with E-state index >= 15 is 0 Å². The van der Waals surface area contributed by atoms with Crippen LogP contribution < -0.4 is 0 Å². The lowest BCUT2D eigenvalue weighted by molar-refractivity contribution is -0.118. The van der Waals surface area contributed by atoms with Gasteiger partial charge in [-0.2, -0.15) is 0 Å². The molecule has 2 fully saturated rings. The van der Waals surface area contributed by atoms with Crippen molar-refractivity contribution in [2.24, 2.45) is 5.41 Å². The highest BCUT2D eigenvalue weighted by Gasteiger charge is 2.45. The van der Waals surface area contributed by atoms with Gasteiger partial charge in [0.2, 0.25) is 0 Å². The second kappa shape index (κ2) is 2.84. The number of likely N-dealkylation sites (tertiary alicyclic amines) is 1. The molecule has 68 valence electrons. The van der Waals surface area contributed by atoms with Crippen LogP contribution in [-0.2, 0) is 4.79 Å². The largest absolute Gasteiger partial charge is 0.299 e. The normalized spacial score (nSPS) is 27.4. The van der Waals surface area contributed by atoms with Crippen molar-refractivity contribution < 1.29 is 4.79 Å². The lowest BCUT2D eigenvalue weighted by Gasteiger charge is -2.31. The number of ketones is 1. The van der Waals surface area contributed by atoms with Crippen LogP contribution in [0.25, 0.3) is 0 Å². The molecule has 0 amide bonds. The van der Waals surface area contributed by atoms with Crippen molar-refractivity contribution in [1.29, 1.82) is 0 Å². The highest BCUT2D eigenvalue weighted by molar-refractivity contribution is 5.77. The number of hydrogen-bond donors (Lipinski definition) is 0. The van der Waals surface area contributed by atoms with E-state index in [2.05, 4.69) is 4.90 Å². The van der Waals surface area contributed by atoms with Crippen LogP contribution in [0.4, 0.5) is 0 Å². The Morgan fingerprint density at radius 3 is 2.75 bits per heavy atom. The molecule has 0 N–H and O–H groups in total. The predicted octanol–water partition coefficient (Wildman–Crippen LogP) is 1.45. The van der Waals surface area contributed by atoms with Crippen LogP contribution in [-0.4, -0.2) is 30.3 Å². The Hall–Kier alpha value is -0.370. The molecule has 12 heavy (non-hydrogen) atoms. The third kappa shape index (κ3) is 1.69. The van der Waals surface area contributed by atoms with Crippen LogP contribution in [0.5, 0.6) is 0 Å². The third-order valence-corrected chi connectivity index (χ3v) is 3.14. The SMILES string of the molecule is CC(=O)CN1CCCC2(CC2)C1. The number of piperidine rings is 1. The van der Waals surface area contributed by atoms with E-state index in [9.17, 15) is 4.79 Å². The standard InChI is InChI=1S/C10H17NO/c1-9(12)7-11-6-2-3-10(8-11)4-5-10/h2-8H2,1H3. The molecule has 1 aliphatic heterocycles. The minimum atomic E-state index is 0.313. The number of Topliss-reactive ketones (excluding diaryl/α,β-unsaturated/α-hetero) is 1. The van der Waals surface area contributed by atoms with Crippen LogP contribution >= 0.6 is 0 Å². The van der Waals surface area contributed by atoms with Crippen molar-refractivity contribution >= 4 is 5.78 Å². The molecular weight excluding hydrogens is 150 g/mol. The Kier molecular flexibility index (Phi) is 1.95. The van der Waals surface area contributed by atoms with E-state index in [4.69, 9.17) is 0 Å². The molecule has 0 unspecified atom stereocenters. The Labute approximate surface area is 73.9 Å². The molecule has 0 aromatic carbocycles. The van der Waals surface area contributed by atoms with E-state index in [0.717, 1.165) is 6.54 Å². The maximum absolute atomic E-state index is 10.9. The van der Waals surface area contributed by atoms with Gasteiger partial charge in [0.1, 0.15) is 5.78 Å². The molecule has 1 spiro atoms. The lowest BCUT2D eigenvalue weighted by atomic mass is 9.95. The van der Waals surface area contributed by atoms with Gasteiger partial charge in [-0.25, -0.2) is 0 Å². The number of nitrogens with zero attached hydrogens (tertiary/aromatic N) is 1. The third-order valence-electron chi connectivity index (χ3n) is 3.14.